The van der Waals surface area contributed by atoms with Crippen molar-refractivity contribution >= 4 is 17.7 Å². The van der Waals surface area contributed by atoms with Crippen LogP contribution < -0.4 is 10.6 Å². The smallest absolute Gasteiger partial charge is 0.337 e. The van der Waals surface area contributed by atoms with E-state index >= 15 is 0 Å². The van der Waals surface area contributed by atoms with Gasteiger partial charge in [0.1, 0.15) is 0 Å². The summed E-state index contributed by atoms with van der Waals surface area (Å²) in [4.78, 5) is 25.4. The van der Waals surface area contributed by atoms with Crippen LogP contribution >= 0.6 is 0 Å². The first-order valence-electron chi connectivity index (χ1n) is 8.22. The second kappa shape index (κ2) is 9.24. The molecule has 0 bridgehead atoms. The van der Waals surface area contributed by atoms with E-state index in [2.05, 4.69) is 20.3 Å². The summed E-state index contributed by atoms with van der Waals surface area (Å²) in [5.41, 5.74) is 0.978. The fraction of sp³-hybridized carbons (Fsp3) is 0.529. The molecule has 24 heavy (non-hydrogen) atoms. The molecule has 1 aliphatic heterocycles. The molecule has 0 saturated carbocycles. The molecule has 0 radical (unpaired) electrons. The number of nitrogens with zero attached hydrogens (tertiary/aromatic N) is 1. The van der Waals surface area contributed by atoms with Crippen molar-refractivity contribution in [3.05, 3.63) is 29.8 Å². The number of urea groups is 1. The number of hydrogen-bond donors (Lipinski definition) is 3. The number of carbonyl (C=O) groups is 2. The molecule has 3 N–H and O–H groups in total. The number of hydrogen-bond acceptors (Lipinski definition) is 5. The SMILES string of the molecule is COC(=O)c1ccc(NC(=O)NCC(O)CN2CCCCC2)cc1. The number of piperidine rings is 1. The van der Waals surface area contributed by atoms with E-state index in [1.807, 2.05) is 0 Å². The van der Waals surface area contributed by atoms with Gasteiger partial charge in [-0.1, -0.05) is 6.42 Å². The lowest BCUT2D eigenvalue weighted by atomic mass is 10.1. The normalized spacial score (nSPS) is 16.2. The third-order valence-electron chi connectivity index (χ3n) is 3.98. The summed E-state index contributed by atoms with van der Waals surface area (Å²) in [6, 6.07) is 6.00. The van der Waals surface area contributed by atoms with E-state index in [1.165, 1.54) is 26.4 Å². The molecule has 1 fully saturated rings. The zero-order valence-electron chi connectivity index (χ0n) is 14.0. The van der Waals surface area contributed by atoms with E-state index in [-0.39, 0.29) is 6.54 Å². The number of likely N-dealkylation sites (tertiary alicyclic amines) is 1. The van der Waals surface area contributed by atoms with Gasteiger partial charge in [0.05, 0.1) is 18.8 Å². The van der Waals surface area contributed by atoms with Gasteiger partial charge in [0.25, 0.3) is 0 Å². The highest BCUT2D eigenvalue weighted by Gasteiger charge is 2.15. The third kappa shape index (κ3) is 5.82. The van der Waals surface area contributed by atoms with Crippen LogP contribution in [-0.2, 0) is 4.74 Å². The summed E-state index contributed by atoms with van der Waals surface area (Å²) >= 11 is 0. The number of anilines is 1. The first-order chi connectivity index (χ1) is 11.6. The van der Waals surface area contributed by atoms with Crippen LogP contribution in [-0.4, -0.2) is 61.4 Å². The van der Waals surface area contributed by atoms with Crippen molar-refractivity contribution < 1.29 is 19.4 Å². The molecule has 1 saturated heterocycles. The van der Waals surface area contributed by atoms with Gasteiger partial charge < -0.3 is 25.4 Å². The fourth-order valence-electron chi connectivity index (χ4n) is 2.70. The molecule has 7 heteroatoms. The number of β-amino-alcohol motifs (C(OH)–C–C–N with tert-alkyl or cyclic N) is 1. The number of aliphatic hydroxyl groups excluding tert-OH is 1. The van der Waals surface area contributed by atoms with Crippen LogP contribution in [0.2, 0.25) is 0 Å². The predicted octanol–water partition coefficient (Wildman–Crippen LogP) is 1.44. The highest BCUT2D eigenvalue weighted by atomic mass is 16.5. The van der Waals surface area contributed by atoms with Crippen molar-refractivity contribution in [1.29, 1.82) is 0 Å². The van der Waals surface area contributed by atoms with Crippen LogP contribution in [0, 0.1) is 0 Å². The maximum absolute atomic E-state index is 11.8. The second-order valence-electron chi connectivity index (χ2n) is 5.92. The van der Waals surface area contributed by atoms with Crippen LogP contribution in [0.15, 0.2) is 24.3 Å². The Balaban J connectivity index is 1.71. The molecule has 2 rings (SSSR count). The maximum Gasteiger partial charge on any atom is 0.337 e. The highest BCUT2D eigenvalue weighted by molar-refractivity contribution is 5.92. The van der Waals surface area contributed by atoms with Gasteiger partial charge in [0, 0.05) is 18.8 Å². The molecule has 0 spiro atoms. The van der Waals surface area contributed by atoms with Crippen LogP contribution in [0.5, 0.6) is 0 Å². The Labute approximate surface area is 142 Å². The monoisotopic (exact) mass is 335 g/mol. The summed E-state index contributed by atoms with van der Waals surface area (Å²) in [6.07, 6.45) is 3.00. The molecule has 1 heterocycles. The minimum absolute atomic E-state index is 0.197. The summed E-state index contributed by atoms with van der Waals surface area (Å²) in [7, 11) is 1.32. The van der Waals surface area contributed by atoms with Crippen molar-refractivity contribution in [2.45, 2.75) is 25.4 Å². The van der Waals surface area contributed by atoms with E-state index in [0.29, 0.717) is 17.8 Å². The van der Waals surface area contributed by atoms with Crippen molar-refractivity contribution in [3.8, 4) is 0 Å². The highest BCUT2D eigenvalue weighted by Crippen LogP contribution is 2.10. The van der Waals surface area contributed by atoms with E-state index in [1.54, 1.807) is 24.3 Å². The molecule has 1 aromatic carbocycles. The van der Waals surface area contributed by atoms with Crippen molar-refractivity contribution in [1.82, 2.24) is 10.2 Å². The third-order valence-corrected chi connectivity index (χ3v) is 3.98. The van der Waals surface area contributed by atoms with Crippen LogP contribution in [0.3, 0.4) is 0 Å². The van der Waals surface area contributed by atoms with Gasteiger partial charge in [-0.3, -0.25) is 0 Å². The molecule has 0 aliphatic carbocycles. The van der Waals surface area contributed by atoms with Gasteiger partial charge in [-0.15, -0.1) is 0 Å². The van der Waals surface area contributed by atoms with Gasteiger partial charge in [-0.25, -0.2) is 9.59 Å². The number of esters is 1. The zero-order valence-corrected chi connectivity index (χ0v) is 14.0. The fourth-order valence-corrected chi connectivity index (χ4v) is 2.70. The largest absolute Gasteiger partial charge is 0.465 e. The Kier molecular flexibility index (Phi) is 7.02. The molecule has 1 atom stereocenters. The van der Waals surface area contributed by atoms with Crippen molar-refractivity contribution in [2.75, 3.05) is 38.6 Å². The number of nitrogens with one attached hydrogen (secondary N) is 2. The minimum atomic E-state index is -0.587. The first-order valence-corrected chi connectivity index (χ1v) is 8.22. The molecule has 7 nitrogen and oxygen atoms in total. The molecule has 1 aromatic rings. The van der Waals surface area contributed by atoms with Crippen LogP contribution in [0.1, 0.15) is 29.6 Å². The van der Waals surface area contributed by atoms with Gasteiger partial charge in [0.15, 0.2) is 0 Å². The number of rotatable bonds is 6. The van der Waals surface area contributed by atoms with Crippen LogP contribution in [0.25, 0.3) is 0 Å². The Morgan fingerprint density at radius 3 is 2.50 bits per heavy atom. The van der Waals surface area contributed by atoms with Gasteiger partial charge in [-0.2, -0.15) is 0 Å². The minimum Gasteiger partial charge on any atom is -0.465 e. The number of benzene rings is 1. The summed E-state index contributed by atoms with van der Waals surface area (Å²) in [5.74, 6) is -0.424. The molecule has 0 aromatic heterocycles. The Morgan fingerprint density at radius 2 is 1.88 bits per heavy atom. The van der Waals surface area contributed by atoms with Crippen molar-refractivity contribution in [2.24, 2.45) is 0 Å². The molecule has 132 valence electrons. The zero-order chi connectivity index (χ0) is 17.4. The topological polar surface area (TPSA) is 90.9 Å². The van der Waals surface area contributed by atoms with E-state index in [0.717, 1.165) is 13.1 Å². The number of amides is 2. The summed E-state index contributed by atoms with van der Waals surface area (Å²) in [6.45, 7) is 2.79. The molecule has 2 amide bonds. The standard InChI is InChI=1S/C17H25N3O4/c1-24-16(22)13-5-7-14(8-6-13)19-17(23)18-11-15(21)12-20-9-3-2-4-10-20/h5-8,15,21H,2-4,9-12H2,1H3,(H2,18,19,23). The second-order valence-corrected chi connectivity index (χ2v) is 5.92. The molecular weight excluding hydrogens is 310 g/mol. The van der Waals surface area contributed by atoms with E-state index in [4.69, 9.17) is 0 Å². The number of aliphatic hydroxyl groups is 1. The molecule has 1 aliphatic rings. The number of ether oxygens (including phenoxy) is 1. The summed E-state index contributed by atoms with van der Waals surface area (Å²) < 4.78 is 4.61. The lowest BCUT2D eigenvalue weighted by Gasteiger charge is -2.28. The lowest BCUT2D eigenvalue weighted by Crippen LogP contribution is -2.42. The van der Waals surface area contributed by atoms with E-state index < -0.39 is 18.1 Å². The molecule has 1 unspecified atom stereocenters. The summed E-state index contributed by atoms with van der Waals surface area (Å²) in [5, 5.41) is 15.3. The van der Waals surface area contributed by atoms with Crippen molar-refractivity contribution in [3.63, 3.8) is 0 Å². The van der Waals surface area contributed by atoms with Gasteiger partial charge in [-0.05, 0) is 50.2 Å². The number of carbonyl (C=O) groups excluding carboxylic acids is 2. The van der Waals surface area contributed by atoms with Gasteiger partial charge in [0.2, 0.25) is 0 Å². The Hall–Kier alpha value is -2.12. The van der Waals surface area contributed by atoms with Crippen LogP contribution in [0.4, 0.5) is 10.5 Å². The predicted molar refractivity (Wildman–Crippen MR) is 91.1 cm³/mol. The quantitative estimate of drug-likeness (QED) is 0.684. The Morgan fingerprint density at radius 1 is 1.21 bits per heavy atom. The first kappa shape index (κ1) is 18.2. The Bertz CT molecular complexity index is 541. The maximum atomic E-state index is 11.8. The average molecular weight is 335 g/mol. The van der Waals surface area contributed by atoms with Gasteiger partial charge >= 0.3 is 12.0 Å². The lowest BCUT2D eigenvalue weighted by molar-refractivity contribution is 0.0600. The number of methoxy groups -OCH3 is 1. The molecular formula is C17H25N3O4. The average Bonchev–Trinajstić information content (AvgIpc) is 2.61. The van der Waals surface area contributed by atoms with E-state index in [9.17, 15) is 14.7 Å².